The van der Waals surface area contributed by atoms with Gasteiger partial charge in [0.25, 0.3) is 0 Å². The van der Waals surface area contributed by atoms with Crippen LogP contribution in [0.1, 0.15) is 18.3 Å². The molecule has 0 aliphatic carbocycles. The average Bonchev–Trinajstić information content (AvgIpc) is 3.09. The number of aryl methyl sites for hydroxylation is 2. The van der Waals surface area contributed by atoms with Gasteiger partial charge in [-0.1, -0.05) is 30.7 Å². The molecule has 4 aromatic rings. The van der Waals surface area contributed by atoms with Gasteiger partial charge in [-0.2, -0.15) is 0 Å². The number of ether oxygens (including phenoxy) is 1. The Morgan fingerprint density at radius 3 is 2.77 bits per heavy atom. The zero-order chi connectivity index (χ0) is 18.3. The maximum absolute atomic E-state index is 6.22. The van der Waals surface area contributed by atoms with E-state index in [2.05, 4.69) is 15.5 Å². The fourth-order valence-electron chi connectivity index (χ4n) is 3.00. The standard InChI is InChI=1S/C19H18ClN5O/c1-4-17-23-24-18-12-7-5-6-8-14(12)21-19(25(17)18)22-15-9-11(2)13(20)10-16(15)26-3/h5-10H,4H2,1-3H3,(H,21,22). The summed E-state index contributed by atoms with van der Waals surface area (Å²) < 4.78 is 7.43. The van der Waals surface area contributed by atoms with E-state index in [1.54, 1.807) is 13.2 Å². The van der Waals surface area contributed by atoms with E-state index >= 15 is 0 Å². The SMILES string of the molecule is CCc1nnc2c3ccccc3nc(Nc3cc(C)c(Cl)cc3OC)n12. The van der Waals surface area contributed by atoms with Gasteiger partial charge in [0.15, 0.2) is 5.65 Å². The van der Waals surface area contributed by atoms with Crippen LogP contribution in [0.2, 0.25) is 5.02 Å². The summed E-state index contributed by atoms with van der Waals surface area (Å²) in [6, 6.07) is 11.6. The number of rotatable bonds is 4. The van der Waals surface area contributed by atoms with E-state index in [-0.39, 0.29) is 0 Å². The number of para-hydroxylation sites is 1. The molecule has 2 aromatic heterocycles. The Labute approximate surface area is 155 Å². The molecule has 0 fully saturated rings. The number of anilines is 2. The van der Waals surface area contributed by atoms with Crippen LogP contribution in [-0.4, -0.2) is 26.7 Å². The number of halogens is 1. The van der Waals surface area contributed by atoms with Crippen LogP contribution in [0.4, 0.5) is 11.6 Å². The summed E-state index contributed by atoms with van der Waals surface area (Å²) in [5, 5.41) is 13.7. The van der Waals surface area contributed by atoms with E-state index in [1.165, 1.54) is 0 Å². The summed E-state index contributed by atoms with van der Waals surface area (Å²) in [5.74, 6) is 2.13. The fourth-order valence-corrected chi connectivity index (χ4v) is 3.15. The van der Waals surface area contributed by atoms with Crippen molar-refractivity contribution in [2.75, 3.05) is 12.4 Å². The molecule has 0 aliphatic rings. The second-order valence-corrected chi connectivity index (χ2v) is 6.42. The molecule has 7 heteroatoms. The first kappa shape index (κ1) is 16.6. The van der Waals surface area contributed by atoms with Gasteiger partial charge in [-0.15, -0.1) is 10.2 Å². The van der Waals surface area contributed by atoms with Gasteiger partial charge >= 0.3 is 0 Å². The third kappa shape index (κ3) is 2.63. The molecule has 132 valence electrons. The summed E-state index contributed by atoms with van der Waals surface area (Å²) in [6.45, 7) is 4.00. The molecule has 2 heterocycles. The number of hydrogen-bond acceptors (Lipinski definition) is 5. The molecule has 6 nitrogen and oxygen atoms in total. The van der Waals surface area contributed by atoms with Crippen molar-refractivity contribution in [1.29, 1.82) is 0 Å². The number of fused-ring (bicyclic) bond motifs is 3. The highest BCUT2D eigenvalue weighted by atomic mass is 35.5. The first-order valence-electron chi connectivity index (χ1n) is 8.36. The maximum Gasteiger partial charge on any atom is 0.215 e. The third-order valence-corrected chi connectivity index (χ3v) is 4.76. The van der Waals surface area contributed by atoms with Gasteiger partial charge in [0.05, 0.1) is 18.3 Å². The monoisotopic (exact) mass is 367 g/mol. The van der Waals surface area contributed by atoms with Crippen molar-refractivity contribution in [3.05, 3.63) is 52.8 Å². The molecule has 0 spiro atoms. The normalized spacial score (nSPS) is 11.2. The highest BCUT2D eigenvalue weighted by Crippen LogP contribution is 2.33. The van der Waals surface area contributed by atoms with Crippen molar-refractivity contribution in [1.82, 2.24) is 19.6 Å². The number of benzene rings is 2. The Morgan fingerprint density at radius 1 is 1.19 bits per heavy atom. The van der Waals surface area contributed by atoms with Crippen molar-refractivity contribution in [3.63, 3.8) is 0 Å². The lowest BCUT2D eigenvalue weighted by atomic mass is 10.2. The lowest BCUT2D eigenvalue weighted by Gasteiger charge is -2.15. The first-order chi connectivity index (χ1) is 12.6. The van der Waals surface area contributed by atoms with Gasteiger partial charge in [-0.05, 0) is 30.7 Å². The van der Waals surface area contributed by atoms with Crippen LogP contribution in [0.15, 0.2) is 36.4 Å². The van der Waals surface area contributed by atoms with E-state index < -0.39 is 0 Å². The predicted octanol–water partition coefficient (Wildman–Crippen LogP) is 4.55. The van der Waals surface area contributed by atoms with Crippen LogP contribution in [0.5, 0.6) is 5.75 Å². The summed E-state index contributed by atoms with van der Waals surface area (Å²) >= 11 is 6.22. The number of nitrogens with zero attached hydrogens (tertiary/aromatic N) is 4. The maximum atomic E-state index is 6.22. The van der Waals surface area contributed by atoms with Gasteiger partial charge in [0.1, 0.15) is 11.6 Å². The number of nitrogens with one attached hydrogen (secondary N) is 1. The predicted molar refractivity (Wildman–Crippen MR) is 104 cm³/mol. The van der Waals surface area contributed by atoms with Crippen molar-refractivity contribution < 1.29 is 4.74 Å². The van der Waals surface area contributed by atoms with Gasteiger partial charge in [-0.25, -0.2) is 9.38 Å². The molecule has 2 aromatic carbocycles. The van der Waals surface area contributed by atoms with Gasteiger partial charge < -0.3 is 10.1 Å². The molecule has 0 atom stereocenters. The Kier molecular flexibility index (Phi) is 4.12. The first-order valence-corrected chi connectivity index (χ1v) is 8.74. The Hall–Kier alpha value is -2.86. The zero-order valence-electron chi connectivity index (χ0n) is 14.7. The van der Waals surface area contributed by atoms with Crippen LogP contribution in [0.3, 0.4) is 0 Å². The quantitative estimate of drug-likeness (QED) is 0.573. The molecule has 0 saturated heterocycles. The fraction of sp³-hybridized carbons (Fsp3) is 0.211. The second kappa shape index (κ2) is 6.46. The number of aromatic nitrogens is 4. The minimum absolute atomic E-state index is 0.639. The summed E-state index contributed by atoms with van der Waals surface area (Å²) in [5.41, 5.74) is 3.36. The van der Waals surface area contributed by atoms with Crippen LogP contribution >= 0.6 is 11.6 Å². The van der Waals surface area contributed by atoms with Crippen LogP contribution in [-0.2, 0) is 6.42 Å². The molecular weight excluding hydrogens is 350 g/mol. The van der Waals surface area contributed by atoms with Crippen molar-refractivity contribution in [2.24, 2.45) is 0 Å². The van der Waals surface area contributed by atoms with E-state index in [9.17, 15) is 0 Å². The lowest BCUT2D eigenvalue weighted by molar-refractivity contribution is 0.416. The molecule has 0 aliphatic heterocycles. The molecule has 4 rings (SSSR count). The van der Waals surface area contributed by atoms with E-state index in [0.29, 0.717) is 16.7 Å². The average molecular weight is 368 g/mol. The highest BCUT2D eigenvalue weighted by Gasteiger charge is 2.16. The largest absolute Gasteiger partial charge is 0.495 e. The molecule has 26 heavy (non-hydrogen) atoms. The van der Waals surface area contributed by atoms with Crippen molar-refractivity contribution in [3.8, 4) is 5.75 Å². The van der Waals surface area contributed by atoms with Gasteiger partial charge in [0, 0.05) is 22.9 Å². The third-order valence-electron chi connectivity index (χ3n) is 4.36. The molecule has 0 amide bonds. The van der Waals surface area contributed by atoms with Crippen molar-refractivity contribution >= 4 is 39.8 Å². The molecule has 0 radical (unpaired) electrons. The number of hydrogen-bond donors (Lipinski definition) is 1. The van der Waals surface area contributed by atoms with Gasteiger partial charge in [0.2, 0.25) is 5.95 Å². The molecule has 0 unspecified atom stereocenters. The van der Waals surface area contributed by atoms with E-state index in [1.807, 2.05) is 48.6 Å². The van der Waals surface area contributed by atoms with Crippen LogP contribution in [0, 0.1) is 6.92 Å². The minimum atomic E-state index is 0.639. The lowest BCUT2D eigenvalue weighted by Crippen LogP contribution is -2.06. The summed E-state index contributed by atoms with van der Waals surface area (Å²) in [7, 11) is 1.62. The Morgan fingerprint density at radius 2 is 2.00 bits per heavy atom. The zero-order valence-corrected chi connectivity index (χ0v) is 15.5. The summed E-state index contributed by atoms with van der Waals surface area (Å²) in [6.07, 6.45) is 0.743. The number of methoxy groups -OCH3 is 1. The smallest absolute Gasteiger partial charge is 0.215 e. The Bertz CT molecular complexity index is 1120. The van der Waals surface area contributed by atoms with Crippen LogP contribution in [0.25, 0.3) is 16.6 Å². The molecule has 1 N–H and O–H groups in total. The molecular formula is C19H18ClN5O. The van der Waals surface area contributed by atoms with E-state index in [0.717, 1.165) is 40.0 Å². The molecule has 0 saturated carbocycles. The van der Waals surface area contributed by atoms with Gasteiger partial charge in [-0.3, -0.25) is 0 Å². The second-order valence-electron chi connectivity index (χ2n) is 6.01. The van der Waals surface area contributed by atoms with Crippen molar-refractivity contribution in [2.45, 2.75) is 20.3 Å². The topological polar surface area (TPSA) is 64.3 Å². The molecule has 0 bridgehead atoms. The minimum Gasteiger partial charge on any atom is -0.495 e. The van der Waals surface area contributed by atoms with Crippen LogP contribution < -0.4 is 10.1 Å². The highest BCUT2D eigenvalue weighted by molar-refractivity contribution is 6.31. The summed E-state index contributed by atoms with van der Waals surface area (Å²) in [4.78, 5) is 4.79. The Balaban J connectivity index is 1.96. The van der Waals surface area contributed by atoms with E-state index in [4.69, 9.17) is 21.3 Å².